The molecule has 1 amide bonds. The van der Waals surface area contributed by atoms with Crippen LogP contribution in [0, 0.1) is 13.8 Å². The molecule has 3 rings (SSSR count). The number of hydrogen-bond donors (Lipinski definition) is 2. The Bertz CT molecular complexity index is 767. The summed E-state index contributed by atoms with van der Waals surface area (Å²) in [6.07, 6.45) is 0.540. The standard InChI is InChI=1S/C17H20N4O2S/c1-10-4-6-12(7-5-10)14-8-13(23-20-14)9-19-16(22)15-11(2)21-24-17(15)18-3/h4-7,13,18H,8-9H2,1-3H3,(H,19,22)/t13-/m1/s1. The van der Waals surface area contributed by atoms with E-state index in [1.54, 1.807) is 7.05 Å². The lowest BCUT2D eigenvalue weighted by atomic mass is 10.0. The smallest absolute Gasteiger partial charge is 0.256 e. The number of carbonyl (C=O) groups excluding carboxylic acids is 1. The van der Waals surface area contributed by atoms with Crippen molar-refractivity contribution in [2.24, 2.45) is 5.16 Å². The van der Waals surface area contributed by atoms with Gasteiger partial charge in [0.25, 0.3) is 5.91 Å². The Kier molecular flexibility index (Phi) is 4.80. The average Bonchev–Trinajstić information content (AvgIpc) is 3.20. The molecule has 0 spiro atoms. The Labute approximate surface area is 145 Å². The van der Waals surface area contributed by atoms with Gasteiger partial charge in [0.1, 0.15) is 11.1 Å². The lowest BCUT2D eigenvalue weighted by Crippen LogP contribution is -2.32. The molecule has 0 aliphatic carbocycles. The highest BCUT2D eigenvalue weighted by atomic mass is 32.1. The normalized spacial score (nSPS) is 16.5. The molecule has 0 saturated heterocycles. The summed E-state index contributed by atoms with van der Waals surface area (Å²) in [5.41, 5.74) is 4.51. The third-order valence-electron chi connectivity index (χ3n) is 3.92. The quantitative estimate of drug-likeness (QED) is 0.874. The number of carbonyl (C=O) groups is 1. The SMILES string of the molecule is CNc1snc(C)c1C(=O)NC[C@H]1CC(c2ccc(C)cc2)=NO1. The van der Waals surface area contributed by atoms with Gasteiger partial charge < -0.3 is 15.5 Å². The molecule has 2 heterocycles. The number of oxime groups is 1. The number of amides is 1. The van der Waals surface area contributed by atoms with E-state index in [0.717, 1.165) is 22.0 Å². The number of aryl methyl sites for hydroxylation is 2. The minimum absolute atomic E-state index is 0.141. The minimum Gasteiger partial charge on any atom is -0.390 e. The summed E-state index contributed by atoms with van der Waals surface area (Å²) in [5, 5.41) is 10.8. The number of hydrogen-bond acceptors (Lipinski definition) is 6. The first-order chi connectivity index (χ1) is 11.6. The van der Waals surface area contributed by atoms with E-state index in [9.17, 15) is 4.79 Å². The van der Waals surface area contributed by atoms with Crippen LogP contribution in [-0.2, 0) is 4.84 Å². The fourth-order valence-corrected chi connectivity index (χ4v) is 3.30. The predicted octanol–water partition coefficient (Wildman–Crippen LogP) is 2.72. The Morgan fingerprint density at radius 3 is 2.79 bits per heavy atom. The van der Waals surface area contributed by atoms with E-state index in [1.165, 1.54) is 17.1 Å². The van der Waals surface area contributed by atoms with E-state index in [2.05, 4.69) is 39.2 Å². The van der Waals surface area contributed by atoms with Crippen molar-refractivity contribution in [3.05, 3.63) is 46.6 Å². The van der Waals surface area contributed by atoms with Gasteiger partial charge in [0.05, 0.1) is 23.5 Å². The molecule has 0 bridgehead atoms. The van der Waals surface area contributed by atoms with Crippen LogP contribution in [0.25, 0.3) is 0 Å². The van der Waals surface area contributed by atoms with Gasteiger partial charge in [-0.2, -0.15) is 4.37 Å². The number of benzene rings is 1. The molecule has 7 heteroatoms. The molecule has 0 radical (unpaired) electrons. The van der Waals surface area contributed by atoms with Gasteiger partial charge in [-0.15, -0.1) is 0 Å². The van der Waals surface area contributed by atoms with Crippen molar-refractivity contribution in [2.45, 2.75) is 26.4 Å². The van der Waals surface area contributed by atoms with Crippen LogP contribution in [0.1, 0.15) is 33.6 Å². The van der Waals surface area contributed by atoms with Gasteiger partial charge >= 0.3 is 0 Å². The van der Waals surface area contributed by atoms with Crippen LogP contribution in [0.4, 0.5) is 5.00 Å². The Morgan fingerprint density at radius 1 is 1.33 bits per heavy atom. The first-order valence-electron chi connectivity index (χ1n) is 7.80. The first kappa shape index (κ1) is 16.4. The molecular weight excluding hydrogens is 324 g/mol. The molecule has 2 aromatic rings. The lowest BCUT2D eigenvalue weighted by Gasteiger charge is -2.10. The van der Waals surface area contributed by atoms with Crippen molar-refractivity contribution in [3.8, 4) is 0 Å². The molecule has 0 fully saturated rings. The van der Waals surface area contributed by atoms with E-state index in [0.29, 0.717) is 18.5 Å². The van der Waals surface area contributed by atoms with E-state index >= 15 is 0 Å². The summed E-state index contributed by atoms with van der Waals surface area (Å²) in [4.78, 5) is 17.8. The van der Waals surface area contributed by atoms with E-state index < -0.39 is 0 Å². The van der Waals surface area contributed by atoms with Crippen LogP contribution < -0.4 is 10.6 Å². The number of nitrogens with one attached hydrogen (secondary N) is 2. The highest BCUT2D eigenvalue weighted by Gasteiger charge is 2.24. The summed E-state index contributed by atoms with van der Waals surface area (Å²) < 4.78 is 4.21. The van der Waals surface area contributed by atoms with Gasteiger partial charge in [0, 0.05) is 13.5 Å². The van der Waals surface area contributed by atoms with Crippen LogP contribution in [0.5, 0.6) is 0 Å². The monoisotopic (exact) mass is 344 g/mol. The van der Waals surface area contributed by atoms with Crippen LogP contribution in [-0.4, -0.2) is 35.7 Å². The fourth-order valence-electron chi connectivity index (χ4n) is 2.56. The zero-order chi connectivity index (χ0) is 17.1. The molecule has 126 valence electrons. The summed E-state index contributed by atoms with van der Waals surface area (Å²) in [7, 11) is 1.78. The number of anilines is 1. The summed E-state index contributed by atoms with van der Waals surface area (Å²) in [6.45, 7) is 4.29. The molecule has 1 aromatic carbocycles. The lowest BCUT2D eigenvalue weighted by molar-refractivity contribution is 0.0754. The van der Waals surface area contributed by atoms with Crippen LogP contribution in [0.15, 0.2) is 29.4 Å². The van der Waals surface area contributed by atoms with Crippen LogP contribution in [0.2, 0.25) is 0 Å². The van der Waals surface area contributed by atoms with Crippen molar-refractivity contribution < 1.29 is 9.63 Å². The predicted molar refractivity (Wildman–Crippen MR) is 95.9 cm³/mol. The second-order valence-electron chi connectivity index (χ2n) is 5.77. The Hall–Kier alpha value is -2.41. The molecular formula is C17H20N4O2S. The van der Waals surface area contributed by atoms with Gasteiger partial charge in [-0.05, 0) is 30.9 Å². The Balaban J connectivity index is 1.56. The zero-order valence-electron chi connectivity index (χ0n) is 13.9. The number of rotatable bonds is 5. The van der Waals surface area contributed by atoms with Gasteiger partial charge in [-0.25, -0.2) is 0 Å². The molecule has 1 atom stereocenters. The highest BCUT2D eigenvalue weighted by Crippen LogP contribution is 2.24. The van der Waals surface area contributed by atoms with Gasteiger partial charge in [-0.3, -0.25) is 4.79 Å². The third kappa shape index (κ3) is 3.41. The molecule has 0 saturated carbocycles. The third-order valence-corrected chi connectivity index (χ3v) is 4.88. The maximum Gasteiger partial charge on any atom is 0.256 e. The average molecular weight is 344 g/mol. The molecule has 6 nitrogen and oxygen atoms in total. The maximum atomic E-state index is 12.4. The minimum atomic E-state index is -0.143. The van der Waals surface area contributed by atoms with Crippen molar-refractivity contribution >= 4 is 28.2 Å². The molecule has 1 aliphatic rings. The van der Waals surface area contributed by atoms with Gasteiger partial charge in [0.2, 0.25) is 0 Å². The second-order valence-corrected chi connectivity index (χ2v) is 6.54. The summed E-state index contributed by atoms with van der Waals surface area (Å²) >= 11 is 1.29. The topological polar surface area (TPSA) is 75.6 Å². The second kappa shape index (κ2) is 7.00. The van der Waals surface area contributed by atoms with Crippen molar-refractivity contribution in [3.63, 3.8) is 0 Å². The van der Waals surface area contributed by atoms with Crippen molar-refractivity contribution in [1.29, 1.82) is 0 Å². The van der Waals surface area contributed by atoms with Crippen LogP contribution in [0.3, 0.4) is 0 Å². The largest absolute Gasteiger partial charge is 0.390 e. The summed E-state index contributed by atoms with van der Waals surface area (Å²) in [6, 6.07) is 8.19. The number of aromatic nitrogens is 1. The molecule has 1 aliphatic heterocycles. The summed E-state index contributed by atoms with van der Waals surface area (Å²) in [5.74, 6) is -0.141. The first-order valence-corrected chi connectivity index (χ1v) is 8.57. The van der Waals surface area contributed by atoms with Gasteiger partial charge in [-0.1, -0.05) is 35.0 Å². The molecule has 2 N–H and O–H groups in total. The van der Waals surface area contributed by atoms with Gasteiger partial charge in [0.15, 0.2) is 0 Å². The van der Waals surface area contributed by atoms with E-state index in [-0.39, 0.29) is 12.0 Å². The maximum absolute atomic E-state index is 12.4. The van der Waals surface area contributed by atoms with Crippen molar-refractivity contribution in [1.82, 2.24) is 9.69 Å². The molecule has 24 heavy (non-hydrogen) atoms. The van der Waals surface area contributed by atoms with E-state index in [4.69, 9.17) is 4.84 Å². The molecule has 1 aromatic heterocycles. The Morgan fingerprint density at radius 2 is 2.08 bits per heavy atom. The highest BCUT2D eigenvalue weighted by molar-refractivity contribution is 7.10. The number of nitrogens with zero attached hydrogens (tertiary/aromatic N) is 2. The fraction of sp³-hybridized carbons (Fsp3) is 0.353. The zero-order valence-corrected chi connectivity index (χ0v) is 14.7. The van der Waals surface area contributed by atoms with Crippen molar-refractivity contribution in [2.75, 3.05) is 18.9 Å². The molecule has 0 unspecified atom stereocenters. The van der Waals surface area contributed by atoms with E-state index in [1.807, 2.05) is 19.1 Å². The van der Waals surface area contributed by atoms with Crippen LogP contribution >= 0.6 is 11.5 Å².